The fourth-order valence-electron chi connectivity index (χ4n) is 2.12. The predicted octanol–water partition coefficient (Wildman–Crippen LogP) is 3.36. The molecule has 0 saturated carbocycles. The summed E-state index contributed by atoms with van der Waals surface area (Å²) in [6, 6.07) is 8.11. The van der Waals surface area contributed by atoms with E-state index in [0.717, 1.165) is 23.1 Å². The Balaban J connectivity index is 1.80. The quantitative estimate of drug-likeness (QED) is 0.596. The first-order valence-electron chi connectivity index (χ1n) is 8.24. The summed E-state index contributed by atoms with van der Waals surface area (Å²) in [7, 11) is 1.77. The molecule has 1 aromatic heterocycles. The van der Waals surface area contributed by atoms with Crippen molar-refractivity contribution in [3.8, 4) is 5.75 Å². The van der Waals surface area contributed by atoms with Gasteiger partial charge in [0.05, 0.1) is 12.6 Å². The average Bonchev–Trinajstić information content (AvgIpc) is 3.04. The van der Waals surface area contributed by atoms with Crippen LogP contribution in [0.25, 0.3) is 0 Å². The fraction of sp³-hybridized carbons (Fsp3) is 0.444. The summed E-state index contributed by atoms with van der Waals surface area (Å²) in [5.74, 6) is 1.66. The van der Waals surface area contributed by atoms with Crippen LogP contribution in [-0.4, -0.2) is 24.1 Å². The minimum absolute atomic E-state index is 0.191. The minimum atomic E-state index is 0.191. The van der Waals surface area contributed by atoms with Crippen molar-refractivity contribution in [1.29, 1.82) is 0 Å². The normalized spacial score (nSPS) is 11.6. The van der Waals surface area contributed by atoms with Gasteiger partial charge in [-0.3, -0.25) is 4.99 Å². The molecule has 2 rings (SSSR count). The summed E-state index contributed by atoms with van der Waals surface area (Å²) in [6.45, 7) is 7.59. The van der Waals surface area contributed by atoms with E-state index in [0.29, 0.717) is 13.1 Å². The monoisotopic (exact) mass is 346 g/mol. The van der Waals surface area contributed by atoms with Crippen molar-refractivity contribution >= 4 is 17.3 Å². The van der Waals surface area contributed by atoms with Gasteiger partial charge in [0, 0.05) is 24.7 Å². The van der Waals surface area contributed by atoms with Crippen LogP contribution >= 0.6 is 11.3 Å². The third-order valence-electron chi connectivity index (χ3n) is 3.34. The van der Waals surface area contributed by atoms with Gasteiger partial charge in [0.15, 0.2) is 5.96 Å². The SMILES string of the molecule is CCc1cnc(CNC(=NC)NCc2ccc(OC(C)C)cc2)s1. The standard InChI is InChI=1S/C18H26N4OS/c1-5-16-11-20-17(24-16)12-22-18(19-4)21-10-14-6-8-15(9-7-14)23-13(2)3/h6-9,11,13H,5,10,12H2,1-4H3,(H2,19,21,22). The number of aromatic nitrogens is 1. The molecule has 0 spiro atoms. The highest BCUT2D eigenvalue weighted by Crippen LogP contribution is 2.14. The first-order valence-corrected chi connectivity index (χ1v) is 9.06. The van der Waals surface area contributed by atoms with Crippen molar-refractivity contribution in [3.63, 3.8) is 0 Å². The van der Waals surface area contributed by atoms with E-state index in [2.05, 4.69) is 39.7 Å². The van der Waals surface area contributed by atoms with Gasteiger partial charge >= 0.3 is 0 Å². The summed E-state index contributed by atoms with van der Waals surface area (Å²) in [4.78, 5) is 9.96. The van der Waals surface area contributed by atoms with Crippen LogP contribution in [0.5, 0.6) is 5.75 Å². The first kappa shape index (κ1) is 18.3. The van der Waals surface area contributed by atoms with Gasteiger partial charge < -0.3 is 15.4 Å². The Morgan fingerprint density at radius 2 is 1.92 bits per heavy atom. The van der Waals surface area contributed by atoms with Crippen LogP contribution in [0.1, 0.15) is 36.2 Å². The molecule has 0 bridgehead atoms. The molecule has 0 radical (unpaired) electrons. The molecule has 1 aromatic carbocycles. The highest BCUT2D eigenvalue weighted by Gasteiger charge is 2.03. The number of aliphatic imine (C=N–C) groups is 1. The maximum Gasteiger partial charge on any atom is 0.191 e. The van der Waals surface area contributed by atoms with E-state index >= 15 is 0 Å². The molecule has 0 fully saturated rings. The lowest BCUT2D eigenvalue weighted by molar-refractivity contribution is 0.242. The molecule has 5 nitrogen and oxygen atoms in total. The first-order chi connectivity index (χ1) is 11.6. The Labute approximate surface area is 148 Å². The van der Waals surface area contributed by atoms with Gasteiger partial charge in [-0.15, -0.1) is 11.3 Å². The van der Waals surface area contributed by atoms with Gasteiger partial charge in [0.1, 0.15) is 10.8 Å². The molecule has 0 saturated heterocycles. The molecule has 2 aromatic rings. The zero-order chi connectivity index (χ0) is 17.4. The molecule has 6 heteroatoms. The second-order valence-corrected chi connectivity index (χ2v) is 6.86. The molecule has 0 aliphatic rings. The van der Waals surface area contributed by atoms with E-state index < -0.39 is 0 Å². The zero-order valence-electron chi connectivity index (χ0n) is 14.8. The Bertz CT molecular complexity index is 649. The second-order valence-electron chi connectivity index (χ2n) is 5.66. The molecular weight excluding hydrogens is 320 g/mol. The topological polar surface area (TPSA) is 58.5 Å². The number of aryl methyl sites for hydroxylation is 1. The number of thiazole rings is 1. The van der Waals surface area contributed by atoms with Crippen LogP contribution in [0.15, 0.2) is 35.5 Å². The molecule has 130 valence electrons. The molecule has 1 heterocycles. The lowest BCUT2D eigenvalue weighted by atomic mass is 10.2. The van der Waals surface area contributed by atoms with Crippen LogP contribution in [0, 0.1) is 0 Å². The lowest BCUT2D eigenvalue weighted by Gasteiger charge is -2.12. The van der Waals surface area contributed by atoms with Crippen LogP contribution in [-0.2, 0) is 19.5 Å². The van der Waals surface area contributed by atoms with Gasteiger partial charge in [0.2, 0.25) is 0 Å². The van der Waals surface area contributed by atoms with Crippen LogP contribution < -0.4 is 15.4 Å². The lowest BCUT2D eigenvalue weighted by Crippen LogP contribution is -2.36. The van der Waals surface area contributed by atoms with Crippen LogP contribution in [0.4, 0.5) is 0 Å². The third kappa shape index (κ3) is 5.85. The van der Waals surface area contributed by atoms with Crippen molar-refractivity contribution in [1.82, 2.24) is 15.6 Å². The molecule has 24 heavy (non-hydrogen) atoms. The third-order valence-corrected chi connectivity index (χ3v) is 4.48. The maximum atomic E-state index is 5.65. The van der Waals surface area contributed by atoms with E-state index in [-0.39, 0.29) is 6.10 Å². The number of ether oxygens (including phenoxy) is 1. The summed E-state index contributed by atoms with van der Waals surface area (Å²) < 4.78 is 5.65. The molecule has 0 unspecified atom stereocenters. The highest BCUT2D eigenvalue weighted by atomic mass is 32.1. The summed E-state index contributed by atoms with van der Waals surface area (Å²) in [5.41, 5.74) is 1.18. The Kier molecular flexibility index (Phi) is 7.06. The fourth-order valence-corrected chi connectivity index (χ4v) is 2.92. The van der Waals surface area contributed by atoms with Gasteiger partial charge in [-0.2, -0.15) is 0 Å². The summed E-state index contributed by atoms with van der Waals surface area (Å²) in [5, 5.41) is 7.68. The number of nitrogens with zero attached hydrogens (tertiary/aromatic N) is 2. The number of nitrogens with one attached hydrogen (secondary N) is 2. The minimum Gasteiger partial charge on any atom is -0.491 e. The van der Waals surface area contributed by atoms with Crippen LogP contribution in [0.3, 0.4) is 0 Å². The summed E-state index contributed by atoms with van der Waals surface area (Å²) in [6.07, 6.45) is 3.16. The molecule has 0 aliphatic heterocycles. The smallest absolute Gasteiger partial charge is 0.191 e. The van der Waals surface area contributed by atoms with Crippen molar-refractivity contribution in [2.75, 3.05) is 7.05 Å². The van der Waals surface area contributed by atoms with E-state index in [1.54, 1.807) is 18.4 Å². The number of benzene rings is 1. The van der Waals surface area contributed by atoms with Crippen molar-refractivity contribution in [2.24, 2.45) is 4.99 Å². The molecule has 0 aliphatic carbocycles. The van der Waals surface area contributed by atoms with Gasteiger partial charge in [0.25, 0.3) is 0 Å². The predicted molar refractivity (Wildman–Crippen MR) is 101 cm³/mol. The maximum absolute atomic E-state index is 5.65. The number of guanidine groups is 1. The van der Waals surface area contributed by atoms with E-state index in [1.807, 2.05) is 32.2 Å². The Morgan fingerprint density at radius 3 is 2.50 bits per heavy atom. The van der Waals surface area contributed by atoms with E-state index in [9.17, 15) is 0 Å². The van der Waals surface area contributed by atoms with Crippen molar-refractivity contribution in [2.45, 2.75) is 46.4 Å². The van der Waals surface area contributed by atoms with Crippen LogP contribution in [0.2, 0.25) is 0 Å². The highest BCUT2D eigenvalue weighted by molar-refractivity contribution is 7.11. The summed E-state index contributed by atoms with van der Waals surface area (Å²) >= 11 is 1.74. The van der Waals surface area contributed by atoms with E-state index in [4.69, 9.17) is 4.74 Å². The number of hydrogen-bond acceptors (Lipinski definition) is 4. The second kappa shape index (κ2) is 9.27. The van der Waals surface area contributed by atoms with Crippen molar-refractivity contribution < 1.29 is 4.74 Å². The molecule has 0 atom stereocenters. The molecule has 2 N–H and O–H groups in total. The molecular formula is C18H26N4OS. The zero-order valence-corrected chi connectivity index (χ0v) is 15.6. The van der Waals surface area contributed by atoms with Gasteiger partial charge in [-0.1, -0.05) is 19.1 Å². The van der Waals surface area contributed by atoms with E-state index in [1.165, 1.54) is 10.4 Å². The average molecular weight is 347 g/mol. The number of hydrogen-bond donors (Lipinski definition) is 2. The number of rotatable bonds is 7. The van der Waals surface area contributed by atoms with Crippen molar-refractivity contribution in [3.05, 3.63) is 45.9 Å². The Morgan fingerprint density at radius 1 is 1.21 bits per heavy atom. The molecule has 0 amide bonds. The van der Waals surface area contributed by atoms with Gasteiger partial charge in [-0.25, -0.2) is 4.98 Å². The van der Waals surface area contributed by atoms with Gasteiger partial charge in [-0.05, 0) is 38.0 Å². The largest absolute Gasteiger partial charge is 0.491 e. The Hall–Kier alpha value is -2.08.